The van der Waals surface area contributed by atoms with Crippen molar-refractivity contribution in [2.24, 2.45) is 0 Å². The van der Waals surface area contributed by atoms with Gasteiger partial charge in [-0.15, -0.1) is 11.3 Å². The van der Waals surface area contributed by atoms with Gasteiger partial charge in [-0.05, 0) is 76.9 Å². The number of rotatable bonds is 5. The van der Waals surface area contributed by atoms with E-state index in [1.807, 2.05) is 24.4 Å². The summed E-state index contributed by atoms with van der Waals surface area (Å²) in [6.45, 7) is 0. The van der Waals surface area contributed by atoms with Crippen molar-refractivity contribution < 1.29 is 4.42 Å². The van der Waals surface area contributed by atoms with Gasteiger partial charge in [0.25, 0.3) is 0 Å². The Morgan fingerprint density at radius 3 is 2.00 bits per heavy atom. The predicted molar refractivity (Wildman–Crippen MR) is 190 cm³/mol. The monoisotopic (exact) mass is 594 g/mol. The molecule has 0 atom stereocenters. The third-order valence-electron chi connectivity index (χ3n) is 8.57. The zero-order valence-corrected chi connectivity index (χ0v) is 25.0. The van der Waals surface area contributed by atoms with Gasteiger partial charge < -0.3 is 9.32 Å². The van der Waals surface area contributed by atoms with Crippen molar-refractivity contribution in [2.75, 3.05) is 4.90 Å². The number of thiophene rings is 1. The van der Waals surface area contributed by atoms with E-state index in [0.29, 0.717) is 0 Å². The van der Waals surface area contributed by atoms with Gasteiger partial charge in [0.05, 0.1) is 5.69 Å². The van der Waals surface area contributed by atoms with E-state index in [-0.39, 0.29) is 0 Å². The van der Waals surface area contributed by atoms with Gasteiger partial charge in [-0.1, -0.05) is 97.1 Å². The minimum atomic E-state index is 0.872. The van der Waals surface area contributed by atoms with E-state index in [9.17, 15) is 0 Å². The Morgan fingerprint density at radius 1 is 0.511 bits per heavy atom. The summed E-state index contributed by atoms with van der Waals surface area (Å²) in [6.07, 6.45) is 1.87. The van der Waals surface area contributed by atoms with E-state index in [1.54, 1.807) is 11.3 Å². The Bertz CT molecular complexity index is 2480. The summed E-state index contributed by atoms with van der Waals surface area (Å²) < 4.78 is 7.78. The maximum Gasteiger partial charge on any atom is 0.159 e. The molecule has 0 bridgehead atoms. The highest BCUT2D eigenvalue weighted by Crippen LogP contribution is 2.44. The number of pyridine rings is 1. The molecule has 0 amide bonds. The van der Waals surface area contributed by atoms with Crippen LogP contribution in [0, 0.1) is 0 Å². The van der Waals surface area contributed by atoms with Gasteiger partial charge in [0, 0.05) is 43.8 Å². The second-order valence-corrected chi connectivity index (χ2v) is 12.2. The SMILES string of the molecule is c1ccc(-c2ccc(N(c3ccc(-c4cccc5sc6ncccc6c45)cc3)c3cccc4c3oc3ccccc34)cc2)cc1. The molecule has 0 fully saturated rings. The largest absolute Gasteiger partial charge is 0.454 e. The fraction of sp³-hybridized carbons (Fsp3) is 0. The molecule has 0 aliphatic carbocycles. The highest BCUT2D eigenvalue weighted by molar-refractivity contribution is 7.25. The van der Waals surface area contributed by atoms with E-state index < -0.39 is 0 Å². The second-order valence-electron chi connectivity index (χ2n) is 11.2. The number of benzene rings is 6. The highest BCUT2D eigenvalue weighted by atomic mass is 32.1. The Labute approximate surface area is 264 Å². The molecule has 9 aromatic rings. The van der Waals surface area contributed by atoms with Crippen molar-refractivity contribution >= 4 is 70.6 Å². The van der Waals surface area contributed by atoms with Gasteiger partial charge in [-0.3, -0.25) is 0 Å². The fourth-order valence-electron chi connectivity index (χ4n) is 6.46. The minimum absolute atomic E-state index is 0.872. The maximum absolute atomic E-state index is 6.53. The molecule has 4 heteroatoms. The van der Waals surface area contributed by atoms with Crippen LogP contribution in [-0.4, -0.2) is 4.98 Å². The van der Waals surface area contributed by atoms with Crippen molar-refractivity contribution in [3.05, 3.63) is 158 Å². The van der Waals surface area contributed by atoms with Crippen LogP contribution in [0.4, 0.5) is 17.1 Å². The smallest absolute Gasteiger partial charge is 0.159 e. The van der Waals surface area contributed by atoms with Crippen LogP contribution in [0.15, 0.2) is 162 Å². The molecule has 3 heterocycles. The van der Waals surface area contributed by atoms with Crippen LogP contribution in [-0.2, 0) is 0 Å². The van der Waals surface area contributed by atoms with Gasteiger partial charge in [0.15, 0.2) is 5.58 Å². The zero-order chi connectivity index (χ0) is 29.7. The minimum Gasteiger partial charge on any atom is -0.454 e. The van der Waals surface area contributed by atoms with Crippen LogP contribution in [0.5, 0.6) is 0 Å². The van der Waals surface area contributed by atoms with Gasteiger partial charge >= 0.3 is 0 Å². The molecule has 0 aliphatic heterocycles. The van der Waals surface area contributed by atoms with E-state index in [1.165, 1.54) is 37.7 Å². The Morgan fingerprint density at radius 2 is 1.18 bits per heavy atom. The molecular weight excluding hydrogens is 569 g/mol. The van der Waals surface area contributed by atoms with Crippen LogP contribution in [0.1, 0.15) is 0 Å². The van der Waals surface area contributed by atoms with Gasteiger partial charge in [-0.25, -0.2) is 4.98 Å². The molecular formula is C41H26N2OS. The molecule has 0 aliphatic rings. The Kier molecular flexibility index (Phi) is 6.00. The summed E-state index contributed by atoms with van der Waals surface area (Å²) in [4.78, 5) is 8.00. The first-order valence-corrected chi connectivity index (χ1v) is 15.9. The second kappa shape index (κ2) is 10.5. The van der Waals surface area contributed by atoms with Crippen molar-refractivity contribution in [1.29, 1.82) is 0 Å². The molecule has 0 N–H and O–H groups in total. The lowest BCUT2D eigenvalue weighted by molar-refractivity contribution is 0.669. The number of para-hydroxylation sites is 2. The van der Waals surface area contributed by atoms with Crippen LogP contribution in [0.3, 0.4) is 0 Å². The summed E-state index contributed by atoms with van der Waals surface area (Å²) in [5, 5.41) is 4.69. The number of hydrogen-bond donors (Lipinski definition) is 0. The van der Waals surface area contributed by atoms with Crippen molar-refractivity contribution in [3.8, 4) is 22.3 Å². The van der Waals surface area contributed by atoms with Crippen molar-refractivity contribution in [1.82, 2.24) is 4.98 Å². The first-order chi connectivity index (χ1) is 22.3. The molecule has 6 aromatic carbocycles. The fourth-order valence-corrected chi connectivity index (χ4v) is 7.53. The Balaban J connectivity index is 1.20. The Hall–Kier alpha value is -5.71. The first kappa shape index (κ1) is 25.8. The van der Waals surface area contributed by atoms with E-state index in [4.69, 9.17) is 4.42 Å². The molecule has 3 aromatic heterocycles. The summed E-state index contributed by atoms with van der Waals surface area (Å²) in [5.74, 6) is 0. The van der Waals surface area contributed by atoms with Gasteiger partial charge in [0.1, 0.15) is 10.4 Å². The average molecular weight is 595 g/mol. The quantitative estimate of drug-likeness (QED) is 0.198. The lowest BCUT2D eigenvalue weighted by atomic mass is 9.99. The normalized spacial score (nSPS) is 11.6. The molecule has 9 rings (SSSR count). The molecule has 0 unspecified atom stereocenters. The molecule has 3 nitrogen and oxygen atoms in total. The number of furan rings is 1. The summed E-state index contributed by atoms with van der Waals surface area (Å²) >= 11 is 1.75. The summed E-state index contributed by atoms with van der Waals surface area (Å²) in [7, 11) is 0. The molecule has 0 radical (unpaired) electrons. The van der Waals surface area contributed by atoms with Crippen LogP contribution < -0.4 is 4.90 Å². The molecule has 212 valence electrons. The van der Waals surface area contributed by atoms with Crippen molar-refractivity contribution in [2.45, 2.75) is 0 Å². The van der Waals surface area contributed by atoms with E-state index in [2.05, 4.69) is 143 Å². The predicted octanol–water partition coefficient (Wildman–Crippen LogP) is 12.2. The molecule has 0 saturated carbocycles. The van der Waals surface area contributed by atoms with E-state index in [0.717, 1.165) is 43.8 Å². The van der Waals surface area contributed by atoms with Gasteiger partial charge in [0.2, 0.25) is 0 Å². The number of anilines is 3. The van der Waals surface area contributed by atoms with Crippen LogP contribution in [0.25, 0.3) is 64.5 Å². The molecule has 45 heavy (non-hydrogen) atoms. The maximum atomic E-state index is 6.53. The number of fused-ring (bicyclic) bond motifs is 6. The van der Waals surface area contributed by atoms with Crippen LogP contribution in [0.2, 0.25) is 0 Å². The third-order valence-corrected chi connectivity index (χ3v) is 9.65. The standard InChI is InChI=1S/C41H26N2OS/c1-2-9-27(10-3-1)28-18-22-30(23-19-28)43(36-15-6-13-34-33-11-4-5-16-37(33)44-40(34)36)31-24-20-29(21-25-31)32-12-7-17-38-39(32)35-14-8-26-42-41(35)45-38/h1-26H. The number of aromatic nitrogens is 1. The lowest BCUT2D eigenvalue weighted by Gasteiger charge is -2.26. The number of hydrogen-bond acceptors (Lipinski definition) is 4. The van der Waals surface area contributed by atoms with Crippen molar-refractivity contribution in [3.63, 3.8) is 0 Å². The number of nitrogens with zero attached hydrogens (tertiary/aromatic N) is 2. The first-order valence-electron chi connectivity index (χ1n) is 15.0. The third kappa shape index (κ3) is 4.30. The molecule has 0 saturated heterocycles. The summed E-state index contributed by atoms with van der Waals surface area (Å²) in [5.41, 5.74) is 9.66. The van der Waals surface area contributed by atoms with Gasteiger partial charge in [-0.2, -0.15) is 0 Å². The average Bonchev–Trinajstić information content (AvgIpc) is 3.69. The molecule has 0 spiro atoms. The lowest BCUT2D eigenvalue weighted by Crippen LogP contribution is -2.10. The highest BCUT2D eigenvalue weighted by Gasteiger charge is 2.20. The topological polar surface area (TPSA) is 29.3 Å². The van der Waals surface area contributed by atoms with Crippen LogP contribution >= 0.6 is 11.3 Å². The summed E-state index contributed by atoms with van der Waals surface area (Å²) in [6, 6.07) is 53.6. The van der Waals surface area contributed by atoms with E-state index >= 15 is 0 Å². The zero-order valence-electron chi connectivity index (χ0n) is 24.2.